The number of carbonyl (C=O) groups is 4. The average molecular weight is 703 g/mol. The van der Waals surface area contributed by atoms with Gasteiger partial charge in [0.05, 0.1) is 61.3 Å². The van der Waals surface area contributed by atoms with E-state index in [1.165, 1.54) is 19.3 Å². The lowest BCUT2D eigenvalue weighted by molar-refractivity contribution is -0.152. The van der Waals surface area contributed by atoms with Crippen molar-refractivity contribution in [2.75, 3.05) is 13.2 Å². The van der Waals surface area contributed by atoms with Gasteiger partial charge in [0, 0.05) is 12.1 Å². The van der Waals surface area contributed by atoms with E-state index in [1.807, 2.05) is 0 Å². The van der Waals surface area contributed by atoms with Crippen LogP contribution >= 0.6 is 0 Å². The molecule has 12 nitrogen and oxygen atoms in total. The van der Waals surface area contributed by atoms with Crippen LogP contribution in [-0.4, -0.2) is 89.8 Å². The summed E-state index contributed by atoms with van der Waals surface area (Å²) in [5.41, 5.74) is 0. The van der Waals surface area contributed by atoms with E-state index < -0.39 is 35.6 Å². The van der Waals surface area contributed by atoms with Gasteiger partial charge in [0.1, 0.15) is 12.2 Å². The maximum atomic E-state index is 13.3. The number of carbonyl (C=O) groups excluding carboxylic acids is 2. The van der Waals surface area contributed by atoms with Gasteiger partial charge < -0.3 is 39.8 Å². The Balaban J connectivity index is 0.963. The summed E-state index contributed by atoms with van der Waals surface area (Å²) in [6.07, 6.45) is 22.5. The highest BCUT2D eigenvalue weighted by Crippen LogP contribution is 2.35. The minimum absolute atomic E-state index is 0.000982. The van der Waals surface area contributed by atoms with Gasteiger partial charge >= 0.3 is 11.9 Å². The molecule has 0 aromatic carbocycles. The number of rotatable bonds is 14. The number of carboxylic acid groups (broad SMARTS) is 2. The number of hydrogen-bond donors (Lipinski definition) is 4. The molecule has 5 rings (SSSR count). The van der Waals surface area contributed by atoms with Crippen molar-refractivity contribution in [1.29, 1.82) is 0 Å². The second-order valence-electron chi connectivity index (χ2n) is 15.3. The molecule has 12 heteroatoms. The summed E-state index contributed by atoms with van der Waals surface area (Å²) in [6, 6.07) is 0.00965. The lowest BCUT2D eigenvalue weighted by atomic mass is 9.77. The number of carboxylic acids is 2. The Labute approximate surface area is 296 Å². The van der Waals surface area contributed by atoms with Gasteiger partial charge in [-0.2, -0.15) is 0 Å². The molecule has 0 bridgehead atoms. The number of terminal acetylenes is 1. The molecular formula is C38H58N2O10. The molecule has 0 radical (unpaired) electrons. The van der Waals surface area contributed by atoms with Gasteiger partial charge in [-0.05, 0) is 103 Å². The summed E-state index contributed by atoms with van der Waals surface area (Å²) in [6.45, 7) is 0.978. The molecule has 0 aliphatic heterocycles. The van der Waals surface area contributed by atoms with E-state index in [1.54, 1.807) is 0 Å². The lowest BCUT2D eigenvalue weighted by Crippen LogP contribution is -2.48. The first-order valence-electron chi connectivity index (χ1n) is 19.3. The maximum absolute atomic E-state index is 13.3. The van der Waals surface area contributed by atoms with Crippen LogP contribution in [0.4, 0.5) is 0 Å². The first kappa shape index (κ1) is 38.4. The fourth-order valence-electron chi connectivity index (χ4n) is 9.03. The van der Waals surface area contributed by atoms with Crippen molar-refractivity contribution in [2.24, 2.45) is 23.7 Å². The Bertz CT molecular complexity index is 1170. The van der Waals surface area contributed by atoms with Crippen molar-refractivity contribution >= 4 is 23.8 Å². The van der Waals surface area contributed by atoms with E-state index in [0.717, 1.165) is 64.2 Å². The van der Waals surface area contributed by atoms with Gasteiger partial charge in [0.15, 0.2) is 0 Å². The Hall–Kier alpha value is -2.88. The van der Waals surface area contributed by atoms with Crippen molar-refractivity contribution in [3.05, 3.63) is 0 Å². The molecule has 6 atom stereocenters. The van der Waals surface area contributed by atoms with E-state index in [4.69, 9.17) is 25.4 Å². The Morgan fingerprint density at radius 2 is 0.980 bits per heavy atom. The third-order valence-corrected chi connectivity index (χ3v) is 11.9. The van der Waals surface area contributed by atoms with Crippen LogP contribution in [0, 0.1) is 36.2 Å². The SMILES string of the molecule is C#COC1CCC(C(=O)NC2CCC(OC3CCC(NC(=O)C4CCC(OCCOC5CCCCC5)CC4C(=O)O)CC3)CC2)C(C(=O)O)C1. The van der Waals surface area contributed by atoms with Crippen LogP contribution in [0.25, 0.3) is 0 Å². The number of hydrogen-bond acceptors (Lipinski definition) is 8. The smallest absolute Gasteiger partial charge is 0.307 e. The molecule has 0 aromatic rings. The molecule has 0 heterocycles. The van der Waals surface area contributed by atoms with Crippen molar-refractivity contribution in [3.63, 3.8) is 0 Å². The molecule has 4 N–H and O–H groups in total. The number of aliphatic carboxylic acids is 2. The zero-order chi connectivity index (χ0) is 35.5. The number of nitrogens with one attached hydrogen (secondary N) is 2. The summed E-state index contributed by atoms with van der Waals surface area (Å²) in [7, 11) is 0. The van der Waals surface area contributed by atoms with E-state index in [2.05, 4.69) is 16.7 Å². The second kappa shape index (κ2) is 19.1. The molecule has 0 aromatic heterocycles. The fourth-order valence-corrected chi connectivity index (χ4v) is 9.03. The van der Waals surface area contributed by atoms with Crippen LogP contribution < -0.4 is 10.6 Å². The van der Waals surface area contributed by atoms with Crippen LogP contribution in [-0.2, 0) is 38.1 Å². The minimum Gasteiger partial charge on any atom is -0.481 e. The zero-order valence-electron chi connectivity index (χ0n) is 29.4. The van der Waals surface area contributed by atoms with Crippen molar-refractivity contribution in [2.45, 2.75) is 165 Å². The van der Waals surface area contributed by atoms with Crippen molar-refractivity contribution in [3.8, 4) is 12.5 Å². The highest BCUT2D eigenvalue weighted by Gasteiger charge is 2.42. The Morgan fingerprint density at radius 3 is 1.46 bits per heavy atom. The Kier molecular flexibility index (Phi) is 14.6. The zero-order valence-corrected chi connectivity index (χ0v) is 29.4. The van der Waals surface area contributed by atoms with Crippen LogP contribution in [0.3, 0.4) is 0 Å². The summed E-state index contributed by atoms with van der Waals surface area (Å²) >= 11 is 0. The molecule has 280 valence electrons. The van der Waals surface area contributed by atoms with Crippen LogP contribution in [0.15, 0.2) is 0 Å². The summed E-state index contributed by atoms with van der Waals surface area (Å²) in [4.78, 5) is 50.4. The van der Waals surface area contributed by atoms with Crippen LogP contribution in [0.2, 0.25) is 0 Å². The quantitative estimate of drug-likeness (QED) is 0.149. The summed E-state index contributed by atoms with van der Waals surface area (Å²) in [5, 5.41) is 25.9. The molecule has 50 heavy (non-hydrogen) atoms. The van der Waals surface area contributed by atoms with Gasteiger partial charge in [0.25, 0.3) is 0 Å². The van der Waals surface area contributed by atoms with Gasteiger partial charge in [0.2, 0.25) is 11.8 Å². The predicted octanol–water partition coefficient (Wildman–Crippen LogP) is 4.57. The maximum Gasteiger partial charge on any atom is 0.307 e. The molecule has 6 unspecified atom stereocenters. The van der Waals surface area contributed by atoms with E-state index in [-0.39, 0.29) is 54.7 Å². The topological polar surface area (TPSA) is 170 Å². The lowest BCUT2D eigenvalue weighted by Gasteiger charge is -2.37. The van der Waals surface area contributed by atoms with E-state index in [0.29, 0.717) is 51.4 Å². The normalized spacial score (nSPS) is 35.3. The first-order chi connectivity index (χ1) is 24.2. The van der Waals surface area contributed by atoms with Gasteiger partial charge in [-0.15, -0.1) is 0 Å². The van der Waals surface area contributed by atoms with Gasteiger partial charge in [-0.3, -0.25) is 19.2 Å². The first-order valence-corrected chi connectivity index (χ1v) is 19.3. The molecular weight excluding hydrogens is 644 g/mol. The van der Waals surface area contributed by atoms with Crippen molar-refractivity contribution in [1.82, 2.24) is 10.6 Å². The molecule has 5 saturated carbocycles. The summed E-state index contributed by atoms with van der Waals surface area (Å²) in [5.74, 6) is -5.00. The summed E-state index contributed by atoms with van der Waals surface area (Å²) < 4.78 is 23.6. The standard InChI is InChI=1S/C38H58N2O10/c1-2-47-29-16-18-31(33(22-29)37(43)44)35(41)39-24-8-12-27(13-9-24)50-28-14-10-25(11-15-28)40-36(42)32-19-17-30(23-34(32)38(45)46)49-21-20-48-26-6-4-3-5-7-26/h1,24-34H,3-23H2,(H,39,41)(H,40,42)(H,43,44)(H,45,46). The van der Waals surface area contributed by atoms with Crippen LogP contribution in [0.1, 0.15) is 122 Å². The number of ether oxygens (including phenoxy) is 4. The molecule has 0 spiro atoms. The van der Waals surface area contributed by atoms with Gasteiger partial charge in [-0.1, -0.05) is 25.7 Å². The van der Waals surface area contributed by atoms with Crippen LogP contribution in [0.5, 0.6) is 0 Å². The largest absolute Gasteiger partial charge is 0.481 e. The minimum atomic E-state index is -0.995. The third kappa shape index (κ3) is 11.1. The highest BCUT2D eigenvalue weighted by molar-refractivity contribution is 5.85. The molecule has 5 fully saturated rings. The highest BCUT2D eigenvalue weighted by atomic mass is 16.5. The van der Waals surface area contributed by atoms with Gasteiger partial charge in [-0.25, -0.2) is 0 Å². The molecule has 5 aliphatic rings. The Morgan fingerprint density at radius 1 is 0.540 bits per heavy atom. The second-order valence-corrected chi connectivity index (χ2v) is 15.3. The van der Waals surface area contributed by atoms with E-state index in [9.17, 15) is 29.4 Å². The average Bonchev–Trinajstić information content (AvgIpc) is 3.12. The molecule has 5 aliphatic carbocycles. The third-order valence-electron chi connectivity index (χ3n) is 11.9. The number of amides is 2. The predicted molar refractivity (Wildman–Crippen MR) is 183 cm³/mol. The van der Waals surface area contributed by atoms with Crippen molar-refractivity contribution < 1.29 is 48.3 Å². The fraction of sp³-hybridized carbons (Fsp3) is 0.842. The molecule has 2 amide bonds. The van der Waals surface area contributed by atoms with E-state index >= 15 is 0 Å². The monoisotopic (exact) mass is 702 g/mol. The molecule has 0 saturated heterocycles.